The number of hydrogen-bond donors (Lipinski definition) is 1. The van der Waals surface area contributed by atoms with Crippen LogP contribution < -0.4 is 19.9 Å². The highest BCUT2D eigenvalue weighted by Crippen LogP contribution is 2.32. The van der Waals surface area contributed by atoms with Gasteiger partial charge in [-0.15, -0.1) is 11.3 Å². The number of anilines is 3. The van der Waals surface area contributed by atoms with Gasteiger partial charge in [-0.05, 0) is 42.5 Å². The zero-order valence-corrected chi connectivity index (χ0v) is 20.7. The van der Waals surface area contributed by atoms with Crippen molar-refractivity contribution in [3.63, 3.8) is 0 Å². The molecule has 3 aromatic rings. The molecule has 2 saturated heterocycles. The maximum atomic E-state index is 13.0. The Labute approximate surface area is 209 Å². The number of carbonyl (C=O) groups is 1. The number of ether oxygens (including phenoxy) is 3. The number of rotatable bonds is 7. The molecule has 0 radical (unpaired) electrons. The Balaban J connectivity index is 1.30. The maximum absolute atomic E-state index is 13.0. The lowest BCUT2D eigenvalue weighted by Gasteiger charge is -2.33. The standard InChI is InChI=1S/C26H30N4O4S/c1-32-22-5-2-19(3-6-22)26-27-20(18-35-26)16-25(31)28-23-7-4-21(29-8-12-33-13-9-29)17-24(23)30-10-14-34-15-11-30/h2-7,17-18H,8-16H2,1H3,(H,28,31). The van der Waals surface area contributed by atoms with Gasteiger partial charge < -0.3 is 29.3 Å². The van der Waals surface area contributed by atoms with Gasteiger partial charge in [0.1, 0.15) is 10.8 Å². The van der Waals surface area contributed by atoms with Crippen LogP contribution in [-0.2, 0) is 20.7 Å². The van der Waals surface area contributed by atoms with Crippen molar-refractivity contribution in [2.75, 3.05) is 74.8 Å². The van der Waals surface area contributed by atoms with Crippen LogP contribution in [0.2, 0.25) is 0 Å². The third-order valence-electron chi connectivity index (χ3n) is 6.21. The van der Waals surface area contributed by atoms with E-state index in [4.69, 9.17) is 14.2 Å². The van der Waals surface area contributed by atoms with Gasteiger partial charge >= 0.3 is 0 Å². The van der Waals surface area contributed by atoms with Gasteiger partial charge in [-0.2, -0.15) is 0 Å². The minimum atomic E-state index is -0.0785. The zero-order chi connectivity index (χ0) is 24.0. The number of benzene rings is 2. The van der Waals surface area contributed by atoms with Crippen LogP contribution in [0.15, 0.2) is 47.8 Å². The highest BCUT2D eigenvalue weighted by molar-refractivity contribution is 7.13. The normalized spacial score (nSPS) is 16.3. The molecule has 0 aliphatic carbocycles. The van der Waals surface area contributed by atoms with Crippen molar-refractivity contribution in [3.05, 3.63) is 53.5 Å². The van der Waals surface area contributed by atoms with Crippen molar-refractivity contribution in [1.29, 1.82) is 0 Å². The van der Waals surface area contributed by atoms with Crippen LogP contribution in [-0.4, -0.2) is 70.6 Å². The molecular formula is C26H30N4O4S. The molecule has 2 aliphatic rings. The molecule has 2 aromatic carbocycles. The molecule has 0 spiro atoms. The summed E-state index contributed by atoms with van der Waals surface area (Å²) in [5.74, 6) is 0.728. The van der Waals surface area contributed by atoms with E-state index >= 15 is 0 Å². The summed E-state index contributed by atoms with van der Waals surface area (Å²) in [6.07, 6.45) is 0.223. The molecule has 0 unspecified atom stereocenters. The van der Waals surface area contributed by atoms with Crippen molar-refractivity contribution in [1.82, 2.24) is 4.98 Å². The number of methoxy groups -OCH3 is 1. The van der Waals surface area contributed by atoms with Gasteiger partial charge in [-0.25, -0.2) is 4.98 Å². The van der Waals surface area contributed by atoms with Gasteiger partial charge in [0.25, 0.3) is 0 Å². The second-order valence-corrected chi connectivity index (χ2v) is 9.36. The summed E-state index contributed by atoms with van der Waals surface area (Å²) >= 11 is 1.54. The molecule has 184 valence electrons. The van der Waals surface area contributed by atoms with E-state index in [1.165, 1.54) is 11.3 Å². The molecule has 9 heteroatoms. The van der Waals surface area contributed by atoms with Gasteiger partial charge in [0, 0.05) is 42.8 Å². The molecule has 8 nitrogen and oxygen atoms in total. The third kappa shape index (κ3) is 5.75. The fourth-order valence-electron chi connectivity index (χ4n) is 4.32. The number of nitrogens with one attached hydrogen (secondary N) is 1. The van der Waals surface area contributed by atoms with Gasteiger partial charge in [-0.3, -0.25) is 4.79 Å². The summed E-state index contributed by atoms with van der Waals surface area (Å²) in [6, 6.07) is 14.1. The lowest BCUT2D eigenvalue weighted by Crippen LogP contribution is -2.38. The first-order valence-corrected chi connectivity index (χ1v) is 12.8. The number of aromatic nitrogens is 1. The highest BCUT2D eigenvalue weighted by atomic mass is 32.1. The van der Waals surface area contributed by atoms with E-state index in [-0.39, 0.29) is 12.3 Å². The molecule has 1 aromatic heterocycles. The third-order valence-corrected chi connectivity index (χ3v) is 7.15. The van der Waals surface area contributed by atoms with E-state index in [1.54, 1.807) is 7.11 Å². The number of carbonyl (C=O) groups excluding carboxylic acids is 1. The second-order valence-electron chi connectivity index (χ2n) is 8.50. The van der Waals surface area contributed by atoms with Crippen LogP contribution in [0.5, 0.6) is 5.75 Å². The topological polar surface area (TPSA) is 76.2 Å². The largest absolute Gasteiger partial charge is 0.497 e. The minimum absolute atomic E-state index is 0.0785. The van der Waals surface area contributed by atoms with Gasteiger partial charge in [0.05, 0.1) is 57.0 Å². The summed E-state index contributed by atoms with van der Waals surface area (Å²) in [5.41, 5.74) is 4.77. The Kier molecular flexibility index (Phi) is 7.46. The summed E-state index contributed by atoms with van der Waals surface area (Å²) in [5, 5.41) is 5.97. The molecule has 0 atom stereocenters. The Morgan fingerprint density at radius 1 is 1.00 bits per heavy atom. The number of nitrogens with zero attached hydrogens (tertiary/aromatic N) is 3. The predicted molar refractivity (Wildman–Crippen MR) is 139 cm³/mol. The maximum Gasteiger partial charge on any atom is 0.230 e. The van der Waals surface area contributed by atoms with Crippen molar-refractivity contribution in [2.24, 2.45) is 0 Å². The van der Waals surface area contributed by atoms with Crippen molar-refractivity contribution in [3.8, 4) is 16.3 Å². The SMILES string of the molecule is COc1ccc(-c2nc(CC(=O)Nc3ccc(N4CCOCC4)cc3N3CCOCC3)cs2)cc1. The number of amides is 1. The molecule has 3 heterocycles. The number of hydrogen-bond acceptors (Lipinski definition) is 8. The first-order valence-electron chi connectivity index (χ1n) is 11.9. The van der Waals surface area contributed by atoms with E-state index in [1.807, 2.05) is 35.7 Å². The van der Waals surface area contributed by atoms with E-state index in [0.29, 0.717) is 13.2 Å². The molecule has 1 N–H and O–H groups in total. The van der Waals surface area contributed by atoms with E-state index < -0.39 is 0 Å². The average molecular weight is 495 g/mol. The second kappa shape index (κ2) is 11.1. The Hall–Kier alpha value is -3.14. The lowest BCUT2D eigenvalue weighted by molar-refractivity contribution is -0.115. The first-order chi connectivity index (χ1) is 17.2. The van der Waals surface area contributed by atoms with Crippen LogP contribution in [0.1, 0.15) is 5.69 Å². The van der Waals surface area contributed by atoms with E-state index in [0.717, 1.165) is 78.5 Å². The van der Waals surface area contributed by atoms with Crippen LogP contribution in [0.3, 0.4) is 0 Å². The van der Waals surface area contributed by atoms with E-state index in [2.05, 4.69) is 32.2 Å². The predicted octanol–water partition coefficient (Wildman–Crippen LogP) is 3.67. The van der Waals surface area contributed by atoms with E-state index in [9.17, 15) is 4.79 Å². The fourth-order valence-corrected chi connectivity index (χ4v) is 5.15. The van der Waals surface area contributed by atoms with Gasteiger partial charge in [-0.1, -0.05) is 0 Å². The number of morpholine rings is 2. The fraction of sp³-hybridized carbons (Fsp3) is 0.385. The molecular weight excluding hydrogens is 464 g/mol. The lowest BCUT2D eigenvalue weighted by atomic mass is 10.1. The Morgan fingerprint density at radius 2 is 1.69 bits per heavy atom. The average Bonchev–Trinajstić information content (AvgIpc) is 3.38. The highest BCUT2D eigenvalue weighted by Gasteiger charge is 2.20. The van der Waals surface area contributed by atoms with Crippen molar-refractivity contribution < 1.29 is 19.0 Å². The van der Waals surface area contributed by atoms with Crippen LogP contribution >= 0.6 is 11.3 Å². The summed E-state index contributed by atoms with van der Waals surface area (Å²) < 4.78 is 16.3. The summed E-state index contributed by atoms with van der Waals surface area (Å²) in [4.78, 5) is 22.3. The minimum Gasteiger partial charge on any atom is -0.497 e. The monoisotopic (exact) mass is 494 g/mol. The first kappa shape index (κ1) is 23.6. The van der Waals surface area contributed by atoms with Gasteiger partial charge in [0.2, 0.25) is 5.91 Å². The van der Waals surface area contributed by atoms with Gasteiger partial charge in [0.15, 0.2) is 0 Å². The molecule has 0 bridgehead atoms. The molecule has 35 heavy (non-hydrogen) atoms. The Morgan fingerprint density at radius 3 is 2.37 bits per heavy atom. The zero-order valence-electron chi connectivity index (χ0n) is 19.9. The molecule has 2 fully saturated rings. The number of thiazole rings is 1. The van der Waals surface area contributed by atoms with Crippen molar-refractivity contribution >= 4 is 34.3 Å². The smallest absolute Gasteiger partial charge is 0.230 e. The molecule has 5 rings (SSSR count). The van der Waals surface area contributed by atoms with Crippen LogP contribution in [0.25, 0.3) is 10.6 Å². The summed E-state index contributed by atoms with van der Waals surface area (Å²) in [7, 11) is 1.65. The molecule has 1 amide bonds. The quantitative estimate of drug-likeness (QED) is 0.537. The summed E-state index contributed by atoms with van der Waals surface area (Å²) in [6.45, 7) is 6.17. The van der Waals surface area contributed by atoms with Crippen LogP contribution in [0, 0.1) is 0 Å². The molecule has 2 aliphatic heterocycles. The molecule has 0 saturated carbocycles. The Bertz CT molecular complexity index is 1140. The van der Waals surface area contributed by atoms with Crippen LogP contribution in [0.4, 0.5) is 17.1 Å². The van der Waals surface area contributed by atoms with Crippen molar-refractivity contribution in [2.45, 2.75) is 6.42 Å².